The molecule has 5 nitrogen and oxygen atoms in total. The average molecular weight is 276 g/mol. The largest absolute Gasteiger partial charge is 0.480 e. The number of benzene rings is 1. The number of carbonyl (C=O) groups excluding carboxylic acids is 1. The summed E-state index contributed by atoms with van der Waals surface area (Å²) in [5.41, 5.74) is 1.05. The van der Waals surface area contributed by atoms with Crippen LogP contribution in [0, 0.1) is 0 Å². The Morgan fingerprint density at radius 1 is 1.30 bits per heavy atom. The molecule has 0 aliphatic heterocycles. The lowest BCUT2D eigenvalue weighted by atomic mass is 10.1. The molecule has 0 aliphatic rings. The molecular formula is C15H20N2O3. The highest BCUT2D eigenvalue weighted by Crippen LogP contribution is 2.05. The summed E-state index contributed by atoms with van der Waals surface area (Å²) in [6.07, 6.45) is 2.61. The van der Waals surface area contributed by atoms with Gasteiger partial charge in [0.05, 0.1) is 6.54 Å². The van der Waals surface area contributed by atoms with Gasteiger partial charge in [0.2, 0.25) is 5.91 Å². The van der Waals surface area contributed by atoms with Crippen molar-refractivity contribution in [3.05, 3.63) is 48.6 Å². The molecule has 1 rings (SSSR count). The molecule has 0 heterocycles. The van der Waals surface area contributed by atoms with Crippen molar-refractivity contribution in [2.75, 3.05) is 13.1 Å². The molecule has 0 fully saturated rings. The zero-order valence-electron chi connectivity index (χ0n) is 11.3. The van der Waals surface area contributed by atoms with E-state index in [0.717, 1.165) is 5.56 Å². The Balaban J connectivity index is 2.42. The quantitative estimate of drug-likeness (QED) is 0.464. The summed E-state index contributed by atoms with van der Waals surface area (Å²) in [6, 6.07) is 8.73. The Kier molecular flexibility index (Phi) is 7.06. The Labute approximate surface area is 118 Å². The van der Waals surface area contributed by atoms with E-state index in [1.807, 2.05) is 30.3 Å². The summed E-state index contributed by atoms with van der Waals surface area (Å²) >= 11 is 0. The van der Waals surface area contributed by atoms with Crippen molar-refractivity contribution < 1.29 is 14.7 Å². The predicted octanol–water partition coefficient (Wildman–Crippen LogP) is 0.964. The van der Waals surface area contributed by atoms with Crippen molar-refractivity contribution in [2.45, 2.75) is 18.9 Å². The molecule has 20 heavy (non-hydrogen) atoms. The van der Waals surface area contributed by atoms with E-state index in [4.69, 9.17) is 5.11 Å². The molecule has 0 aromatic heterocycles. The van der Waals surface area contributed by atoms with Crippen LogP contribution in [0.15, 0.2) is 43.0 Å². The fourth-order valence-electron chi connectivity index (χ4n) is 1.75. The lowest BCUT2D eigenvalue weighted by Crippen LogP contribution is -2.44. The summed E-state index contributed by atoms with van der Waals surface area (Å²) in [6.45, 7) is 4.11. The Hall–Kier alpha value is -2.14. The molecule has 1 unspecified atom stereocenters. The zero-order chi connectivity index (χ0) is 14.8. The minimum absolute atomic E-state index is 0.0845. The molecule has 1 aromatic rings. The van der Waals surface area contributed by atoms with Gasteiger partial charge in [-0.1, -0.05) is 36.4 Å². The normalized spacial score (nSPS) is 11.6. The summed E-state index contributed by atoms with van der Waals surface area (Å²) in [4.78, 5) is 22.7. The maximum Gasteiger partial charge on any atom is 0.326 e. The van der Waals surface area contributed by atoms with Gasteiger partial charge in [-0.05, 0) is 18.4 Å². The summed E-state index contributed by atoms with van der Waals surface area (Å²) < 4.78 is 0. The summed E-state index contributed by atoms with van der Waals surface area (Å²) in [5, 5.41) is 14.5. The van der Waals surface area contributed by atoms with E-state index in [1.54, 1.807) is 6.08 Å². The molecule has 108 valence electrons. The maximum atomic E-state index is 11.6. The minimum Gasteiger partial charge on any atom is -0.480 e. The highest BCUT2D eigenvalue weighted by molar-refractivity contribution is 5.84. The van der Waals surface area contributed by atoms with Crippen LogP contribution in [0.4, 0.5) is 0 Å². The molecule has 0 saturated heterocycles. The first-order valence-electron chi connectivity index (χ1n) is 6.51. The Bertz CT molecular complexity index is 446. The van der Waals surface area contributed by atoms with Crippen LogP contribution in [-0.4, -0.2) is 36.1 Å². The van der Waals surface area contributed by atoms with Gasteiger partial charge in [-0.25, -0.2) is 4.79 Å². The van der Waals surface area contributed by atoms with Crippen molar-refractivity contribution in [1.29, 1.82) is 0 Å². The predicted molar refractivity (Wildman–Crippen MR) is 77.4 cm³/mol. The first kappa shape index (κ1) is 15.9. The average Bonchev–Trinajstić information content (AvgIpc) is 2.44. The molecule has 0 radical (unpaired) electrons. The fraction of sp³-hybridized carbons (Fsp3) is 0.333. The van der Waals surface area contributed by atoms with Gasteiger partial charge in [0, 0.05) is 6.54 Å². The number of nitrogens with one attached hydrogen (secondary N) is 2. The van der Waals surface area contributed by atoms with Crippen LogP contribution in [0.5, 0.6) is 0 Å². The number of aliphatic carboxylic acids is 1. The van der Waals surface area contributed by atoms with Crippen molar-refractivity contribution in [2.24, 2.45) is 0 Å². The third kappa shape index (κ3) is 6.15. The molecule has 0 saturated carbocycles. The minimum atomic E-state index is -1.02. The van der Waals surface area contributed by atoms with Gasteiger partial charge in [-0.3, -0.25) is 4.79 Å². The number of carbonyl (C=O) groups is 2. The van der Waals surface area contributed by atoms with Crippen molar-refractivity contribution in [3.8, 4) is 0 Å². The van der Waals surface area contributed by atoms with E-state index in [0.29, 0.717) is 19.4 Å². The molecule has 3 N–H and O–H groups in total. The maximum absolute atomic E-state index is 11.6. The van der Waals surface area contributed by atoms with E-state index in [-0.39, 0.29) is 12.5 Å². The van der Waals surface area contributed by atoms with Crippen molar-refractivity contribution in [3.63, 3.8) is 0 Å². The molecular weight excluding hydrogens is 256 g/mol. The van der Waals surface area contributed by atoms with E-state index in [1.165, 1.54) is 0 Å². The van der Waals surface area contributed by atoms with Crippen LogP contribution in [0.3, 0.4) is 0 Å². The summed E-state index contributed by atoms with van der Waals surface area (Å²) in [7, 11) is 0. The monoisotopic (exact) mass is 276 g/mol. The Morgan fingerprint density at radius 3 is 2.60 bits per heavy atom. The van der Waals surface area contributed by atoms with Crippen LogP contribution in [0.25, 0.3) is 0 Å². The number of carboxylic acid groups (broad SMARTS) is 1. The second-order valence-electron chi connectivity index (χ2n) is 4.40. The van der Waals surface area contributed by atoms with Crippen LogP contribution in [-0.2, 0) is 16.0 Å². The van der Waals surface area contributed by atoms with Gasteiger partial charge in [0.15, 0.2) is 0 Å². The van der Waals surface area contributed by atoms with Gasteiger partial charge in [0.1, 0.15) is 6.04 Å². The molecule has 0 spiro atoms. The van der Waals surface area contributed by atoms with Crippen molar-refractivity contribution in [1.82, 2.24) is 10.6 Å². The second kappa shape index (κ2) is 8.87. The first-order valence-corrected chi connectivity index (χ1v) is 6.51. The van der Waals surface area contributed by atoms with Gasteiger partial charge in [0.25, 0.3) is 0 Å². The molecule has 1 amide bonds. The zero-order valence-corrected chi connectivity index (χ0v) is 11.3. The third-order valence-electron chi connectivity index (χ3n) is 2.77. The van der Waals surface area contributed by atoms with E-state index in [2.05, 4.69) is 17.2 Å². The van der Waals surface area contributed by atoms with E-state index < -0.39 is 12.0 Å². The van der Waals surface area contributed by atoms with Crippen LogP contribution in [0.2, 0.25) is 0 Å². The van der Waals surface area contributed by atoms with Gasteiger partial charge >= 0.3 is 5.97 Å². The van der Waals surface area contributed by atoms with Crippen LogP contribution in [0.1, 0.15) is 12.0 Å². The molecule has 5 heteroatoms. The number of hydrogen-bond acceptors (Lipinski definition) is 3. The number of carboxylic acids is 1. The first-order chi connectivity index (χ1) is 9.63. The van der Waals surface area contributed by atoms with Crippen LogP contribution < -0.4 is 10.6 Å². The lowest BCUT2D eigenvalue weighted by Gasteiger charge is -2.14. The SMILES string of the molecule is C=CCNCC(=O)NC(CCc1ccccc1)C(=O)O. The fourth-order valence-corrected chi connectivity index (χ4v) is 1.75. The highest BCUT2D eigenvalue weighted by atomic mass is 16.4. The Morgan fingerprint density at radius 2 is 2.00 bits per heavy atom. The lowest BCUT2D eigenvalue weighted by molar-refractivity contribution is -0.141. The topological polar surface area (TPSA) is 78.4 Å². The smallest absolute Gasteiger partial charge is 0.326 e. The number of hydrogen-bond donors (Lipinski definition) is 3. The third-order valence-corrected chi connectivity index (χ3v) is 2.77. The summed E-state index contributed by atoms with van der Waals surface area (Å²) in [5.74, 6) is -1.34. The molecule has 1 atom stereocenters. The standard InChI is InChI=1S/C15H20N2O3/c1-2-10-16-11-14(18)17-13(15(19)20)9-8-12-6-4-3-5-7-12/h2-7,13,16H,1,8-11H2,(H,17,18)(H,19,20). The molecule has 0 aliphatic carbocycles. The number of aryl methyl sites for hydroxylation is 1. The van der Waals surface area contributed by atoms with Gasteiger partial charge < -0.3 is 15.7 Å². The molecule has 1 aromatic carbocycles. The van der Waals surface area contributed by atoms with E-state index >= 15 is 0 Å². The van der Waals surface area contributed by atoms with Crippen LogP contribution >= 0.6 is 0 Å². The van der Waals surface area contributed by atoms with Gasteiger partial charge in [-0.15, -0.1) is 6.58 Å². The van der Waals surface area contributed by atoms with Crippen molar-refractivity contribution >= 4 is 11.9 Å². The highest BCUT2D eigenvalue weighted by Gasteiger charge is 2.19. The molecule has 0 bridgehead atoms. The number of amides is 1. The number of rotatable bonds is 9. The van der Waals surface area contributed by atoms with Gasteiger partial charge in [-0.2, -0.15) is 0 Å². The van der Waals surface area contributed by atoms with E-state index in [9.17, 15) is 9.59 Å². The second-order valence-corrected chi connectivity index (χ2v) is 4.40.